The number of para-hydroxylation sites is 3. The molecule has 5 heteroatoms. The van der Waals surface area contributed by atoms with Crippen LogP contribution in [-0.4, -0.2) is 24.2 Å². The minimum absolute atomic E-state index is 0.0807. The summed E-state index contributed by atoms with van der Waals surface area (Å²) in [5.41, 5.74) is 11.9. The fourth-order valence-electron chi connectivity index (χ4n) is 8.44. The summed E-state index contributed by atoms with van der Waals surface area (Å²) in [4.78, 5) is 10.4. The number of benzene rings is 8. The van der Waals surface area contributed by atoms with Crippen LogP contribution in [0.3, 0.4) is 0 Å². The van der Waals surface area contributed by atoms with E-state index < -0.39 is 0 Å². The molecule has 0 saturated heterocycles. The van der Waals surface area contributed by atoms with Crippen molar-refractivity contribution in [3.63, 3.8) is 0 Å². The molecular weight excluding hydrogens is 721 g/mol. The zero-order chi connectivity index (χ0) is 39.3. The van der Waals surface area contributed by atoms with E-state index in [1.807, 2.05) is 78.9 Å². The molecule has 0 saturated carbocycles. The monoisotopic (exact) mass is 754 g/mol. The van der Waals surface area contributed by atoms with Crippen LogP contribution in [0.2, 0.25) is 0 Å². The van der Waals surface area contributed by atoms with E-state index >= 15 is 0 Å². The summed E-state index contributed by atoms with van der Waals surface area (Å²) >= 11 is 0. The molecule has 11 rings (SSSR count). The number of aromatic nitrogens is 4. The van der Waals surface area contributed by atoms with Gasteiger partial charge in [0.1, 0.15) is 5.75 Å². The van der Waals surface area contributed by atoms with Crippen LogP contribution < -0.4 is 0 Å². The smallest absolute Gasteiger partial charge is 0.235 e. The summed E-state index contributed by atoms with van der Waals surface area (Å²) < 4.78 is 4.37. The maximum Gasteiger partial charge on any atom is 0.235 e. The van der Waals surface area contributed by atoms with Gasteiger partial charge < -0.3 is 9.67 Å². The second-order valence-electron chi connectivity index (χ2n) is 14.6. The maximum absolute atomic E-state index is 12.2. The lowest BCUT2D eigenvalue weighted by atomic mass is 9.93. The quantitative estimate of drug-likeness (QED) is 0.178. The number of phenols is 1. The van der Waals surface area contributed by atoms with Gasteiger partial charge in [-0.15, -0.1) is 0 Å². The molecule has 0 radical (unpaired) electrons. The van der Waals surface area contributed by atoms with E-state index in [0.717, 1.165) is 88.5 Å². The molecule has 11 aromatic rings. The first-order chi connectivity index (χ1) is 29.2. The summed E-state index contributed by atoms with van der Waals surface area (Å²) in [6, 6.07) is 68.1. The molecule has 276 valence electrons. The molecule has 0 amide bonds. The lowest BCUT2D eigenvalue weighted by molar-refractivity contribution is 0.474. The van der Waals surface area contributed by atoms with Crippen molar-refractivity contribution in [2.45, 2.75) is 0 Å². The Labute approximate surface area is 340 Å². The van der Waals surface area contributed by atoms with Gasteiger partial charge in [0, 0.05) is 55.6 Å². The van der Waals surface area contributed by atoms with E-state index in [1.165, 1.54) is 0 Å². The summed E-state index contributed by atoms with van der Waals surface area (Å²) in [5, 5.41) is 16.4. The van der Waals surface area contributed by atoms with Gasteiger partial charge in [0.2, 0.25) is 5.95 Å². The van der Waals surface area contributed by atoms with Crippen LogP contribution in [0.1, 0.15) is 11.1 Å². The molecule has 3 heterocycles. The lowest BCUT2D eigenvalue weighted by Crippen LogP contribution is -2.04. The van der Waals surface area contributed by atoms with E-state index in [0.29, 0.717) is 11.5 Å². The second-order valence-corrected chi connectivity index (χ2v) is 14.6. The van der Waals surface area contributed by atoms with Crippen molar-refractivity contribution in [3.05, 3.63) is 211 Å². The zero-order valence-electron chi connectivity index (χ0n) is 31.8. The van der Waals surface area contributed by atoms with Crippen molar-refractivity contribution in [3.8, 4) is 62.9 Å². The molecule has 0 aliphatic heterocycles. The maximum atomic E-state index is 12.2. The third-order valence-electron chi connectivity index (χ3n) is 11.1. The Morgan fingerprint density at radius 1 is 0.407 bits per heavy atom. The van der Waals surface area contributed by atoms with E-state index in [4.69, 9.17) is 9.97 Å². The van der Waals surface area contributed by atoms with Crippen LogP contribution in [0.15, 0.2) is 200 Å². The average Bonchev–Trinajstić information content (AvgIpc) is 3.81. The first kappa shape index (κ1) is 34.1. The molecule has 0 bridgehead atoms. The topological polar surface area (TPSA) is 55.9 Å². The van der Waals surface area contributed by atoms with Crippen molar-refractivity contribution >= 4 is 43.6 Å². The SMILES string of the molecule is Oc1cc2c(c(-c3ccccc3)c1C#Cc1ccc3c(c1)c1ccccc1n3-c1ccccc1)c1ccccc1n2-c1nc(-c2ccccc2)cc(-c2ccccc2)n1. The zero-order valence-corrected chi connectivity index (χ0v) is 31.8. The molecule has 59 heavy (non-hydrogen) atoms. The van der Waals surface area contributed by atoms with Crippen LogP contribution in [0, 0.1) is 11.8 Å². The molecule has 1 N–H and O–H groups in total. The third-order valence-corrected chi connectivity index (χ3v) is 11.1. The summed E-state index contributed by atoms with van der Waals surface area (Å²) in [5.74, 6) is 7.53. The van der Waals surface area contributed by atoms with E-state index in [2.05, 4.69) is 142 Å². The lowest BCUT2D eigenvalue weighted by Gasteiger charge is -2.13. The first-order valence-corrected chi connectivity index (χ1v) is 19.6. The molecule has 0 fully saturated rings. The average molecular weight is 755 g/mol. The van der Waals surface area contributed by atoms with Crippen LogP contribution in [-0.2, 0) is 0 Å². The molecule has 0 aliphatic carbocycles. The molecular formula is C54H34N4O. The highest BCUT2D eigenvalue weighted by atomic mass is 16.3. The Hall–Kier alpha value is -8.20. The predicted molar refractivity (Wildman–Crippen MR) is 241 cm³/mol. The van der Waals surface area contributed by atoms with Gasteiger partial charge in [-0.2, -0.15) is 0 Å². The van der Waals surface area contributed by atoms with Crippen molar-refractivity contribution in [2.24, 2.45) is 0 Å². The highest BCUT2D eigenvalue weighted by Crippen LogP contribution is 2.44. The minimum atomic E-state index is 0.0807. The highest BCUT2D eigenvalue weighted by Gasteiger charge is 2.23. The van der Waals surface area contributed by atoms with Gasteiger partial charge in [0.05, 0.1) is 39.0 Å². The number of nitrogens with zero attached hydrogens (tertiary/aromatic N) is 4. The van der Waals surface area contributed by atoms with Gasteiger partial charge in [-0.05, 0) is 54.1 Å². The Morgan fingerprint density at radius 3 is 1.58 bits per heavy atom. The molecule has 0 spiro atoms. The van der Waals surface area contributed by atoms with Gasteiger partial charge in [-0.25, -0.2) is 9.97 Å². The van der Waals surface area contributed by atoms with Crippen LogP contribution in [0.5, 0.6) is 5.75 Å². The van der Waals surface area contributed by atoms with Gasteiger partial charge in [0.25, 0.3) is 0 Å². The normalized spacial score (nSPS) is 11.3. The largest absolute Gasteiger partial charge is 0.507 e. The number of rotatable bonds is 5. The number of phenolic OH excluding ortho intramolecular Hbond substituents is 1. The fourth-order valence-corrected chi connectivity index (χ4v) is 8.44. The number of hydrogen-bond acceptors (Lipinski definition) is 3. The van der Waals surface area contributed by atoms with Crippen molar-refractivity contribution in [1.82, 2.24) is 19.1 Å². The summed E-state index contributed by atoms with van der Waals surface area (Å²) in [6.07, 6.45) is 0. The van der Waals surface area contributed by atoms with Gasteiger partial charge in [-0.3, -0.25) is 4.57 Å². The van der Waals surface area contributed by atoms with E-state index in [-0.39, 0.29) is 5.75 Å². The van der Waals surface area contributed by atoms with Gasteiger partial charge >= 0.3 is 0 Å². The molecule has 0 unspecified atom stereocenters. The van der Waals surface area contributed by atoms with Gasteiger partial charge in [-0.1, -0.05) is 157 Å². The highest BCUT2D eigenvalue weighted by molar-refractivity contribution is 6.17. The number of aromatic hydroxyl groups is 1. The van der Waals surface area contributed by atoms with Crippen LogP contribution in [0.25, 0.3) is 88.9 Å². The van der Waals surface area contributed by atoms with E-state index in [9.17, 15) is 5.11 Å². The Kier molecular flexibility index (Phi) is 8.13. The Morgan fingerprint density at radius 2 is 0.932 bits per heavy atom. The standard InChI is InChI=1S/C54H34N4O/c59-51-35-50-53(42-26-14-16-28-48(42)58(50)54-55-45(37-17-5-1-6-18-37)34-46(56-54)38-19-7-2-8-20-38)52(39-21-9-3-10-22-39)43(51)31-29-36-30-32-49-44(33-36)41-25-13-15-27-47(41)57(49)40-23-11-4-12-24-40/h1-28,30,32-35,59H. The van der Waals surface area contributed by atoms with Crippen molar-refractivity contribution < 1.29 is 5.11 Å². The molecule has 8 aromatic carbocycles. The van der Waals surface area contributed by atoms with Crippen LogP contribution >= 0.6 is 0 Å². The van der Waals surface area contributed by atoms with Crippen molar-refractivity contribution in [1.29, 1.82) is 0 Å². The Bertz CT molecular complexity index is 3370. The second kappa shape index (κ2) is 14.1. The third kappa shape index (κ3) is 5.82. The summed E-state index contributed by atoms with van der Waals surface area (Å²) in [7, 11) is 0. The van der Waals surface area contributed by atoms with Crippen LogP contribution in [0.4, 0.5) is 0 Å². The van der Waals surface area contributed by atoms with E-state index in [1.54, 1.807) is 0 Å². The number of hydrogen-bond donors (Lipinski definition) is 1. The van der Waals surface area contributed by atoms with Gasteiger partial charge in [0.15, 0.2) is 0 Å². The Balaban J connectivity index is 1.15. The summed E-state index contributed by atoms with van der Waals surface area (Å²) in [6.45, 7) is 0. The molecule has 5 nitrogen and oxygen atoms in total. The first-order valence-electron chi connectivity index (χ1n) is 19.6. The fraction of sp³-hybridized carbons (Fsp3) is 0. The minimum Gasteiger partial charge on any atom is -0.507 e. The predicted octanol–water partition coefficient (Wildman–Crippen LogP) is 12.8. The van der Waals surface area contributed by atoms with Crippen molar-refractivity contribution in [2.75, 3.05) is 0 Å². The molecule has 0 atom stereocenters. The molecule has 3 aromatic heterocycles. The number of fused-ring (bicyclic) bond motifs is 6. The molecule has 0 aliphatic rings.